The van der Waals surface area contributed by atoms with Crippen molar-refractivity contribution in [3.8, 4) is 0 Å². The highest BCUT2D eigenvalue weighted by molar-refractivity contribution is 8.30. The minimum absolute atomic E-state index is 0.00436. The highest BCUT2D eigenvalue weighted by Crippen LogP contribution is 2.44. The van der Waals surface area contributed by atoms with E-state index < -0.39 is 11.8 Å². The second-order valence-corrected chi connectivity index (χ2v) is 12.6. The van der Waals surface area contributed by atoms with Crippen molar-refractivity contribution in [2.75, 3.05) is 9.80 Å². The molecule has 2 aromatic carbocycles. The molecule has 12 heteroatoms. The Kier molecular flexibility index (Phi) is 9.44. The molecule has 2 aromatic rings. The van der Waals surface area contributed by atoms with Gasteiger partial charge in [0.25, 0.3) is 23.6 Å². The average Bonchev–Trinajstić information content (AvgIpc) is 3.41. The van der Waals surface area contributed by atoms with Gasteiger partial charge in [-0.05, 0) is 63.1 Å². The first-order chi connectivity index (χ1) is 19.0. The summed E-state index contributed by atoms with van der Waals surface area (Å²) in [5, 5.41) is 5.82. The fourth-order valence-electron chi connectivity index (χ4n) is 3.85. The zero-order valence-electron chi connectivity index (χ0n) is 22.3. The van der Waals surface area contributed by atoms with Crippen molar-refractivity contribution in [1.29, 1.82) is 0 Å². The highest BCUT2D eigenvalue weighted by atomic mass is 32.2. The number of hydrogen-bond donors (Lipinski definition) is 2. The Morgan fingerprint density at radius 1 is 0.750 bits per heavy atom. The van der Waals surface area contributed by atoms with Crippen molar-refractivity contribution < 1.29 is 19.2 Å². The van der Waals surface area contributed by atoms with Gasteiger partial charge in [0.1, 0.15) is 0 Å². The molecule has 0 aliphatic carbocycles. The first kappa shape index (κ1) is 29.9. The number of carbonyl (C=O) groups is 4. The molecule has 0 radical (unpaired) electrons. The van der Waals surface area contributed by atoms with Crippen molar-refractivity contribution in [3.05, 3.63) is 69.5 Å². The van der Waals surface area contributed by atoms with Crippen LogP contribution in [0.5, 0.6) is 0 Å². The Morgan fingerprint density at radius 3 is 1.48 bits per heavy atom. The second kappa shape index (κ2) is 12.6. The van der Waals surface area contributed by atoms with Crippen LogP contribution >= 0.6 is 48.0 Å². The standard InChI is InChI=1S/C28H28N4O4S4/c1-5-15(3)29-23(33)17-9-7-11-19(13-17)31-25(35)21(39-27(31)37)22-26(36)32(28(38)40-22)20-12-8-10-18(14-20)24(34)30-16(4)6-2/h7-16H,5-6H2,1-4H3,(H,29,33)(H,30,34)/b22-21+/t15-,16-/m0/s1. The average molecular weight is 613 g/mol. The second-order valence-electron chi connectivity index (χ2n) is 9.34. The minimum atomic E-state index is -0.461. The number of carbonyl (C=O) groups excluding carboxylic acids is 4. The SMILES string of the molecule is CC[C@H](C)NC(=O)c1cccc(N2C(=O)/C(=C3\SC(=S)N(c4cccc(C(=O)N[C@@H](C)CC)c4)C3=O)SC2=S)c1. The summed E-state index contributed by atoms with van der Waals surface area (Å²) in [4.78, 5) is 55.4. The Balaban J connectivity index is 1.60. The van der Waals surface area contributed by atoms with Gasteiger partial charge in [-0.1, -0.05) is 73.9 Å². The first-order valence-electron chi connectivity index (χ1n) is 12.7. The predicted octanol–water partition coefficient (Wildman–Crippen LogP) is 5.38. The van der Waals surface area contributed by atoms with Gasteiger partial charge in [-0.3, -0.25) is 29.0 Å². The van der Waals surface area contributed by atoms with Gasteiger partial charge in [0.05, 0.1) is 21.2 Å². The van der Waals surface area contributed by atoms with Crippen LogP contribution in [0.25, 0.3) is 0 Å². The number of amides is 4. The number of nitrogens with one attached hydrogen (secondary N) is 2. The third kappa shape index (κ3) is 6.14. The molecular formula is C28H28N4O4S4. The summed E-state index contributed by atoms with van der Waals surface area (Å²) in [6.45, 7) is 7.78. The summed E-state index contributed by atoms with van der Waals surface area (Å²) in [5.41, 5.74) is 1.67. The van der Waals surface area contributed by atoms with E-state index in [9.17, 15) is 19.2 Å². The van der Waals surface area contributed by atoms with Crippen LogP contribution in [0.3, 0.4) is 0 Å². The van der Waals surface area contributed by atoms with Gasteiger partial charge in [0.2, 0.25) is 0 Å². The van der Waals surface area contributed by atoms with Crippen LogP contribution in [0, 0.1) is 0 Å². The molecule has 4 rings (SSSR count). The predicted molar refractivity (Wildman–Crippen MR) is 170 cm³/mol. The fraction of sp³-hybridized carbons (Fsp3) is 0.286. The normalized spacial score (nSPS) is 18.8. The van der Waals surface area contributed by atoms with Crippen LogP contribution < -0.4 is 20.4 Å². The molecule has 0 bridgehead atoms. The summed E-state index contributed by atoms with van der Waals surface area (Å²) in [5.74, 6) is -1.42. The van der Waals surface area contributed by atoms with E-state index in [0.29, 0.717) is 22.5 Å². The zero-order valence-corrected chi connectivity index (χ0v) is 25.6. The monoisotopic (exact) mass is 612 g/mol. The molecule has 2 heterocycles. The molecule has 0 spiro atoms. The zero-order chi connectivity index (χ0) is 29.1. The Hall–Kier alpha value is -3.06. The van der Waals surface area contributed by atoms with Crippen molar-refractivity contribution >= 4 is 91.6 Å². The number of hydrogen-bond acceptors (Lipinski definition) is 8. The van der Waals surface area contributed by atoms with E-state index in [1.165, 1.54) is 9.80 Å². The van der Waals surface area contributed by atoms with Crippen molar-refractivity contribution in [2.24, 2.45) is 0 Å². The van der Waals surface area contributed by atoms with Crippen LogP contribution in [0.2, 0.25) is 0 Å². The lowest BCUT2D eigenvalue weighted by atomic mass is 10.1. The summed E-state index contributed by atoms with van der Waals surface area (Å²) < 4.78 is 0.488. The Bertz CT molecular complexity index is 1350. The Morgan fingerprint density at radius 2 is 1.12 bits per heavy atom. The van der Waals surface area contributed by atoms with Gasteiger partial charge in [-0.15, -0.1) is 0 Å². The first-order valence-corrected chi connectivity index (χ1v) is 15.2. The van der Waals surface area contributed by atoms with Crippen LogP contribution in [0.4, 0.5) is 11.4 Å². The van der Waals surface area contributed by atoms with E-state index in [0.717, 1.165) is 36.4 Å². The number of rotatable bonds is 8. The maximum Gasteiger partial charge on any atom is 0.272 e. The van der Waals surface area contributed by atoms with E-state index in [4.69, 9.17) is 24.4 Å². The molecule has 2 N–H and O–H groups in total. The maximum atomic E-state index is 13.6. The van der Waals surface area contributed by atoms with E-state index >= 15 is 0 Å². The van der Waals surface area contributed by atoms with E-state index in [1.807, 2.05) is 27.7 Å². The summed E-state index contributed by atoms with van der Waals surface area (Å²) in [6, 6.07) is 13.3. The van der Waals surface area contributed by atoms with Crippen LogP contribution in [0.1, 0.15) is 61.3 Å². The number of benzene rings is 2. The van der Waals surface area contributed by atoms with Gasteiger partial charge in [0, 0.05) is 23.2 Å². The van der Waals surface area contributed by atoms with Gasteiger partial charge in [-0.2, -0.15) is 0 Å². The molecule has 2 saturated heterocycles. The van der Waals surface area contributed by atoms with Gasteiger partial charge in [0.15, 0.2) is 8.64 Å². The van der Waals surface area contributed by atoms with Crippen molar-refractivity contribution in [3.63, 3.8) is 0 Å². The maximum absolute atomic E-state index is 13.6. The Labute approximate surface area is 252 Å². The number of thiocarbonyl (C=S) groups is 2. The topological polar surface area (TPSA) is 98.8 Å². The van der Waals surface area contributed by atoms with Crippen molar-refractivity contribution in [1.82, 2.24) is 10.6 Å². The molecule has 2 atom stereocenters. The van der Waals surface area contributed by atoms with Crippen LogP contribution in [-0.4, -0.2) is 44.4 Å². The third-order valence-corrected chi connectivity index (χ3v) is 9.33. The molecule has 40 heavy (non-hydrogen) atoms. The lowest BCUT2D eigenvalue weighted by Crippen LogP contribution is -2.33. The molecule has 2 aliphatic rings. The van der Waals surface area contributed by atoms with E-state index in [2.05, 4.69) is 10.6 Å². The fourth-order valence-corrected chi connectivity index (χ4v) is 6.60. The third-order valence-electron chi connectivity index (χ3n) is 6.46. The lowest BCUT2D eigenvalue weighted by Gasteiger charge is -2.17. The molecule has 2 fully saturated rings. The molecule has 0 saturated carbocycles. The van der Waals surface area contributed by atoms with E-state index in [-0.39, 0.29) is 42.3 Å². The van der Waals surface area contributed by atoms with Gasteiger partial charge < -0.3 is 10.6 Å². The lowest BCUT2D eigenvalue weighted by molar-refractivity contribution is -0.115. The van der Waals surface area contributed by atoms with E-state index in [1.54, 1.807) is 48.5 Å². The van der Waals surface area contributed by atoms with Crippen LogP contribution in [-0.2, 0) is 9.59 Å². The molecule has 0 unspecified atom stereocenters. The molecule has 2 aliphatic heterocycles. The smallest absolute Gasteiger partial charge is 0.272 e. The number of anilines is 2. The minimum Gasteiger partial charge on any atom is -0.350 e. The number of thioether (sulfide) groups is 2. The highest BCUT2D eigenvalue weighted by Gasteiger charge is 2.43. The summed E-state index contributed by atoms with van der Waals surface area (Å²) in [6.07, 6.45) is 1.57. The molecule has 4 amide bonds. The largest absolute Gasteiger partial charge is 0.350 e. The summed E-state index contributed by atoms with van der Waals surface area (Å²) >= 11 is 13.1. The van der Waals surface area contributed by atoms with Crippen molar-refractivity contribution in [2.45, 2.75) is 52.6 Å². The molecular weight excluding hydrogens is 585 g/mol. The molecule has 0 aromatic heterocycles. The van der Waals surface area contributed by atoms with Gasteiger partial charge >= 0.3 is 0 Å². The molecule has 208 valence electrons. The molecule has 8 nitrogen and oxygen atoms in total. The van der Waals surface area contributed by atoms with Gasteiger partial charge in [-0.25, -0.2) is 0 Å². The summed E-state index contributed by atoms with van der Waals surface area (Å²) in [7, 11) is 0. The number of nitrogens with zero attached hydrogens (tertiary/aromatic N) is 2. The van der Waals surface area contributed by atoms with Crippen LogP contribution in [0.15, 0.2) is 58.3 Å². The quantitative estimate of drug-likeness (QED) is 0.303.